The van der Waals surface area contributed by atoms with Crippen molar-refractivity contribution in [3.05, 3.63) is 38.3 Å². The smallest absolute Gasteiger partial charge is 0.353 e. The topological polar surface area (TPSA) is 93.0 Å². The van der Waals surface area contributed by atoms with Gasteiger partial charge >= 0.3 is 5.69 Å². The first-order chi connectivity index (χ1) is 9.52. The van der Waals surface area contributed by atoms with Crippen molar-refractivity contribution in [3.63, 3.8) is 0 Å². The second-order valence-electron chi connectivity index (χ2n) is 4.24. The van der Waals surface area contributed by atoms with Gasteiger partial charge in [0.1, 0.15) is 6.33 Å². The number of anilines is 2. The first kappa shape index (κ1) is 14.2. The van der Waals surface area contributed by atoms with Crippen LogP contribution in [0.3, 0.4) is 0 Å². The number of hydrogen-bond acceptors (Lipinski definition) is 7. The van der Waals surface area contributed by atoms with Gasteiger partial charge in [0.05, 0.1) is 11.0 Å². The average molecular weight is 293 g/mol. The third kappa shape index (κ3) is 2.85. The van der Waals surface area contributed by atoms with Crippen molar-refractivity contribution in [2.24, 2.45) is 0 Å². The van der Waals surface area contributed by atoms with Crippen LogP contribution in [0, 0.1) is 17.0 Å². The Morgan fingerprint density at radius 1 is 1.35 bits per heavy atom. The molecule has 2 aromatic heterocycles. The molecule has 1 unspecified atom stereocenters. The fraction of sp³-hybridized carbons (Fsp3) is 0.333. The molecule has 7 nitrogen and oxygen atoms in total. The van der Waals surface area contributed by atoms with E-state index in [4.69, 9.17) is 0 Å². The molecule has 0 bridgehead atoms. The van der Waals surface area contributed by atoms with Crippen molar-refractivity contribution in [1.29, 1.82) is 0 Å². The third-order valence-corrected chi connectivity index (χ3v) is 3.97. The molecule has 1 atom stereocenters. The molecule has 2 aromatic rings. The van der Waals surface area contributed by atoms with Crippen molar-refractivity contribution < 1.29 is 4.92 Å². The second-order valence-corrected chi connectivity index (χ2v) is 5.56. The number of aromatic nitrogens is 2. The maximum atomic E-state index is 11.2. The second kappa shape index (κ2) is 5.83. The van der Waals surface area contributed by atoms with E-state index in [1.54, 1.807) is 18.4 Å². The molecule has 0 aliphatic heterocycles. The van der Waals surface area contributed by atoms with E-state index in [0.717, 1.165) is 4.88 Å². The summed E-state index contributed by atoms with van der Waals surface area (Å²) in [7, 11) is 1.59. The SMILES string of the molecule is CNc1ncnc(NC(C)c2ccc(C)s2)c1[N+](=O)[O-]. The van der Waals surface area contributed by atoms with Gasteiger partial charge in [0.2, 0.25) is 11.6 Å². The maximum Gasteiger partial charge on any atom is 0.353 e. The van der Waals surface area contributed by atoms with E-state index in [-0.39, 0.29) is 23.4 Å². The summed E-state index contributed by atoms with van der Waals surface area (Å²) in [5.41, 5.74) is -0.143. The van der Waals surface area contributed by atoms with Crippen LogP contribution >= 0.6 is 11.3 Å². The van der Waals surface area contributed by atoms with Gasteiger partial charge in [-0.05, 0) is 26.0 Å². The molecule has 106 valence electrons. The number of nitrogens with one attached hydrogen (secondary N) is 2. The summed E-state index contributed by atoms with van der Waals surface area (Å²) < 4.78 is 0. The van der Waals surface area contributed by atoms with Gasteiger partial charge in [-0.15, -0.1) is 11.3 Å². The maximum absolute atomic E-state index is 11.2. The molecule has 20 heavy (non-hydrogen) atoms. The molecule has 0 fully saturated rings. The molecular weight excluding hydrogens is 278 g/mol. The zero-order valence-electron chi connectivity index (χ0n) is 11.4. The fourth-order valence-electron chi connectivity index (χ4n) is 1.80. The van der Waals surface area contributed by atoms with E-state index in [0.29, 0.717) is 0 Å². The molecular formula is C12H15N5O2S. The molecule has 8 heteroatoms. The molecule has 0 saturated heterocycles. The lowest BCUT2D eigenvalue weighted by molar-refractivity contribution is -0.383. The van der Waals surface area contributed by atoms with Crippen LogP contribution in [-0.4, -0.2) is 21.9 Å². The van der Waals surface area contributed by atoms with Crippen LogP contribution in [0.1, 0.15) is 22.7 Å². The van der Waals surface area contributed by atoms with Crippen LogP contribution in [0.4, 0.5) is 17.3 Å². The van der Waals surface area contributed by atoms with Crippen molar-refractivity contribution in [2.75, 3.05) is 17.7 Å². The Bertz CT molecular complexity index is 628. The minimum Gasteiger partial charge on any atom is -0.367 e. The van der Waals surface area contributed by atoms with Gasteiger partial charge in [0, 0.05) is 16.8 Å². The van der Waals surface area contributed by atoms with Gasteiger partial charge in [0.15, 0.2) is 0 Å². The lowest BCUT2D eigenvalue weighted by atomic mass is 10.2. The lowest BCUT2D eigenvalue weighted by Crippen LogP contribution is -2.11. The molecule has 2 rings (SSSR count). The van der Waals surface area contributed by atoms with E-state index >= 15 is 0 Å². The molecule has 0 aliphatic rings. The number of aryl methyl sites for hydroxylation is 1. The van der Waals surface area contributed by atoms with Crippen LogP contribution in [0.25, 0.3) is 0 Å². The minimum absolute atomic E-state index is 0.0630. The summed E-state index contributed by atoms with van der Waals surface area (Å²) in [5, 5.41) is 16.9. The van der Waals surface area contributed by atoms with Crippen molar-refractivity contribution in [2.45, 2.75) is 19.9 Å². The van der Waals surface area contributed by atoms with E-state index in [2.05, 4.69) is 20.6 Å². The zero-order valence-corrected chi connectivity index (χ0v) is 12.2. The molecule has 0 saturated carbocycles. The highest BCUT2D eigenvalue weighted by Gasteiger charge is 2.23. The Hall–Kier alpha value is -2.22. The van der Waals surface area contributed by atoms with Crippen LogP contribution in [0.15, 0.2) is 18.5 Å². The van der Waals surface area contributed by atoms with E-state index in [1.807, 2.05) is 26.0 Å². The van der Waals surface area contributed by atoms with Gasteiger partial charge in [-0.25, -0.2) is 9.97 Å². The van der Waals surface area contributed by atoms with Gasteiger partial charge in [-0.3, -0.25) is 10.1 Å². The van der Waals surface area contributed by atoms with Gasteiger partial charge in [-0.2, -0.15) is 0 Å². The highest BCUT2D eigenvalue weighted by atomic mass is 32.1. The monoisotopic (exact) mass is 293 g/mol. The number of nitro groups is 1. The van der Waals surface area contributed by atoms with Crippen molar-refractivity contribution in [1.82, 2.24) is 9.97 Å². The van der Waals surface area contributed by atoms with Crippen molar-refractivity contribution >= 4 is 28.7 Å². The van der Waals surface area contributed by atoms with Crippen molar-refractivity contribution in [3.8, 4) is 0 Å². The van der Waals surface area contributed by atoms with Crippen LogP contribution in [-0.2, 0) is 0 Å². The summed E-state index contributed by atoms with van der Waals surface area (Å²) in [6.45, 7) is 3.96. The Labute approximate surface area is 120 Å². The van der Waals surface area contributed by atoms with Crippen LogP contribution < -0.4 is 10.6 Å². The lowest BCUT2D eigenvalue weighted by Gasteiger charge is -2.13. The molecule has 0 aromatic carbocycles. The predicted molar refractivity (Wildman–Crippen MR) is 79.3 cm³/mol. The standard InChI is InChI=1S/C12H15N5O2S/c1-7-4-5-9(20-7)8(2)16-12-10(17(18)19)11(13-3)14-6-15-12/h4-6,8H,1-3H3,(H2,13,14,15,16). The predicted octanol–water partition coefficient (Wildman–Crippen LogP) is 2.97. The summed E-state index contributed by atoms with van der Waals surface area (Å²) in [6.07, 6.45) is 1.30. The van der Waals surface area contributed by atoms with Gasteiger partial charge < -0.3 is 10.6 Å². The summed E-state index contributed by atoms with van der Waals surface area (Å²) in [6, 6.07) is 3.96. The first-order valence-electron chi connectivity index (χ1n) is 6.03. The number of rotatable bonds is 5. The molecule has 0 spiro atoms. The molecule has 0 amide bonds. The minimum atomic E-state index is -0.486. The molecule has 0 aliphatic carbocycles. The van der Waals surface area contributed by atoms with Crippen LogP contribution in [0.2, 0.25) is 0 Å². The largest absolute Gasteiger partial charge is 0.367 e. The Kier molecular flexibility index (Phi) is 4.14. The Morgan fingerprint density at radius 3 is 2.60 bits per heavy atom. The van der Waals surface area contributed by atoms with E-state index in [1.165, 1.54) is 11.2 Å². The summed E-state index contributed by atoms with van der Waals surface area (Å²) in [4.78, 5) is 20.8. The molecule has 0 radical (unpaired) electrons. The van der Waals surface area contributed by atoms with Gasteiger partial charge in [-0.1, -0.05) is 0 Å². The molecule has 2 heterocycles. The van der Waals surface area contributed by atoms with E-state index < -0.39 is 4.92 Å². The van der Waals surface area contributed by atoms with Crippen LogP contribution in [0.5, 0.6) is 0 Å². The Balaban J connectivity index is 2.31. The summed E-state index contributed by atoms with van der Waals surface area (Å²) in [5.74, 6) is 0.412. The molecule has 2 N–H and O–H groups in total. The Morgan fingerprint density at radius 2 is 2.05 bits per heavy atom. The normalized spacial score (nSPS) is 11.9. The quantitative estimate of drug-likeness (QED) is 0.650. The highest BCUT2D eigenvalue weighted by molar-refractivity contribution is 7.12. The summed E-state index contributed by atoms with van der Waals surface area (Å²) >= 11 is 1.65. The zero-order chi connectivity index (χ0) is 14.7. The number of nitrogens with zero attached hydrogens (tertiary/aromatic N) is 3. The number of hydrogen-bond donors (Lipinski definition) is 2. The van der Waals surface area contributed by atoms with E-state index in [9.17, 15) is 10.1 Å². The first-order valence-corrected chi connectivity index (χ1v) is 6.84. The van der Waals surface area contributed by atoms with Gasteiger partial charge in [0.25, 0.3) is 0 Å². The highest BCUT2D eigenvalue weighted by Crippen LogP contribution is 2.32. The third-order valence-electron chi connectivity index (χ3n) is 2.78. The number of thiophene rings is 1. The average Bonchev–Trinajstić information content (AvgIpc) is 2.84. The fourth-order valence-corrected chi connectivity index (χ4v) is 2.68.